The molecule has 6 heteroatoms. The van der Waals surface area contributed by atoms with Crippen molar-refractivity contribution in [3.63, 3.8) is 0 Å². The summed E-state index contributed by atoms with van der Waals surface area (Å²) in [4.78, 5) is 0.186. The number of nitrogens with one attached hydrogen (secondary N) is 1. The van der Waals surface area contributed by atoms with Crippen molar-refractivity contribution in [3.8, 4) is 0 Å². The Morgan fingerprint density at radius 2 is 1.73 bits per heavy atom. The number of methoxy groups -OCH3 is 1. The molecule has 0 amide bonds. The van der Waals surface area contributed by atoms with E-state index in [1.807, 2.05) is 30.3 Å². The van der Waals surface area contributed by atoms with E-state index in [-0.39, 0.29) is 10.9 Å². The van der Waals surface area contributed by atoms with E-state index in [4.69, 9.17) is 16.3 Å². The van der Waals surface area contributed by atoms with Crippen LogP contribution in [0, 0.1) is 0 Å². The molecule has 0 radical (unpaired) electrons. The van der Waals surface area contributed by atoms with Crippen LogP contribution in [-0.4, -0.2) is 28.2 Å². The van der Waals surface area contributed by atoms with E-state index in [1.165, 1.54) is 12.1 Å². The zero-order valence-electron chi connectivity index (χ0n) is 12.2. The molecule has 0 heterocycles. The second-order valence-corrected chi connectivity index (χ2v) is 7.07. The molecule has 0 spiro atoms. The minimum Gasteiger partial charge on any atom is -0.383 e. The van der Waals surface area contributed by atoms with E-state index < -0.39 is 10.0 Å². The van der Waals surface area contributed by atoms with Crippen LogP contribution in [0.4, 0.5) is 0 Å². The summed E-state index contributed by atoms with van der Waals surface area (Å²) in [5.74, 6) is 0. The zero-order valence-corrected chi connectivity index (χ0v) is 13.8. The van der Waals surface area contributed by atoms with Crippen LogP contribution in [0.2, 0.25) is 5.02 Å². The first-order chi connectivity index (χ1) is 10.5. The fourth-order valence-electron chi connectivity index (χ4n) is 2.14. The predicted octanol–water partition coefficient (Wildman–Crippen LogP) is 2.88. The molecule has 0 fully saturated rings. The minimum absolute atomic E-state index is 0.186. The van der Waals surface area contributed by atoms with Gasteiger partial charge in [-0.3, -0.25) is 0 Å². The third-order valence-corrected chi connectivity index (χ3v) is 4.93. The van der Waals surface area contributed by atoms with Crippen LogP contribution in [-0.2, 0) is 21.2 Å². The molecule has 0 saturated carbocycles. The predicted molar refractivity (Wildman–Crippen MR) is 87.6 cm³/mol. The molecule has 2 aromatic carbocycles. The van der Waals surface area contributed by atoms with Gasteiger partial charge in [0.05, 0.1) is 11.5 Å². The maximum Gasteiger partial charge on any atom is 0.240 e. The number of sulfonamides is 1. The minimum atomic E-state index is -3.61. The van der Waals surface area contributed by atoms with Crippen LogP contribution in [0.3, 0.4) is 0 Å². The van der Waals surface area contributed by atoms with Gasteiger partial charge in [0, 0.05) is 18.2 Å². The average Bonchev–Trinajstić information content (AvgIpc) is 2.48. The van der Waals surface area contributed by atoms with Gasteiger partial charge in [-0.1, -0.05) is 41.9 Å². The van der Waals surface area contributed by atoms with Crippen molar-refractivity contribution in [1.29, 1.82) is 0 Å². The van der Waals surface area contributed by atoms with Gasteiger partial charge in [-0.2, -0.15) is 0 Å². The summed E-state index contributed by atoms with van der Waals surface area (Å²) >= 11 is 5.79. The Bertz CT molecular complexity index is 687. The third kappa shape index (κ3) is 4.81. The van der Waals surface area contributed by atoms with Crippen molar-refractivity contribution in [1.82, 2.24) is 4.72 Å². The first-order valence-corrected chi connectivity index (χ1v) is 8.68. The molecule has 0 aromatic heterocycles. The number of hydrogen-bond acceptors (Lipinski definition) is 3. The Morgan fingerprint density at radius 1 is 1.09 bits per heavy atom. The normalized spacial score (nSPS) is 13.0. The van der Waals surface area contributed by atoms with Gasteiger partial charge in [0.15, 0.2) is 0 Å². The van der Waals surface area contributed by atoms with Gasteiger partial charge in [-0.25, -0.2) is 13.1 Å². The van der Waals surface area contributed by atoms with Gasteiger partial charge in [0.2, 0.25) is 10.0 Å². The van der Waals surface area contributed by atoms with Crippen LogP contribution >= 0.6 is 11.6 Å². The van der Waals surface area contributed by atoms with Crippen molar-refractivity contribution >= 4 is 21.6 Å². The van der Waals surface area contributed by atoms with Gasteiger partial charge < -0.3 is 4.74 Å². The summed E-state index contributed by atoms with van der Waals surface area (Å²) < 4.78 is 32.6. The SMILES string of the molecule is COCC(Cc1ccccc1)NS(=O)(=O)c1ccc(Cl)cc1. The Hall–Kier alpha value is -1.40. The molecule has 0 saturated heterocycles. The maximum absolute atomic E-state index is 12.4. The van der Waals surface area contributed by atoms with Gasteiger partial charge >= 0.3 is 0 Å². The molecule has 4 nitrogen and oxygen atoms in total. The number of hydrogen-bond donors (Lipinski definition) is 1. The first kappa shape index (κ1) is 17.0. The summed E-state index contributed by atoms with van der Waals surface area (Å²) in [6.07, 6.45) is 0.557. The quantitative estimate of drug-likeness (QED) is 0.844. The highest BCUT2D eigenvalue weighted by Crippen LogP contribution is 2.15. The standard InChI is InChI=1S/C16H18ClNO3S/c1-21-12-15(11-13-5-3-2-4-6-13)18-22(19,20)16-9-7-14(17)8-10-16/h2-10,15,18H,11-12H2,1H3. The fourth-order valence-corrected chi connectivity index (χ4v) is 3.48. The Morgan fingerprint density at radius 3 is 2.32 bits per heavy atom. The van der Waals surface area contributed by atoms with Crippen molar-refractivity contribution in [3.05, 3.63) is 65.2 Å². The number of ether oxygens (including phenoxy) is 1. The van der Waals surface area contributed by atoms with E-state index in [0.717, 1.165) is 5.56 Å². The van der Waals surface area contributed by atoms with Gasteiger partial charge in [-0.15, -0.1) is 0 Å². The lowest BCUT2D eigenvalue weighted by atomic mass is 10.1. The lowest BCUT2D eigenvalue weighted by Crippen LogP contribution is -2.39. The van der Waals surface area contributed by atoms with Gasteiger partial charge in [0.25, 0.3) is 0 Å². The molecule has 0 aliphatic rings. The molecule has 0 aliphatic heterocycles. The van der Waals surface area contributed by atoms with Crippen molar-refractivity contribution in [2.75, 3.05) is 13.7 Å². The van der Waals surface area contributed by atoms with Crippen LogP contribution in [0.25, 0.3) is 0 Å². The van der Waals surface area contributed by atoms with E-state index in [0.29, 0.717) is 18.1 Å². The molecule has 2 aromatic rings. The summed E-state index contributed by atoms with van der Waals surface area (Å²) in [5.41, 5.74) is 1.04. The van der Waals surface area contributed by atoms with Crippen LogP contribution < -0.4 is 4.72 Å². The zero-order chi connectivity index (χ0) is 16.0. The fraction of sp³-hybridized carbons (Fsp3) is 0.250. The van der Waals surface area contributed by atoms with Crippen molar-refractivity contribution in [2.45, 2.75) is 17.4 Å². The molecule has 0 aliphatic carbocycles. The first-order valence-electron chi connectivity index (χ1n) is 6.82. The highest BCUT2D eigenvalue weighted by Gasteiger charge is 2.20. The second kappa shape index (κ2) is 7.74. The maximum atomic E-state index is 12.4. The monoisotopic (exact) mass is 339 g/mol. The topological polar surface area (TPSA) is 55.4 Å². The highest BCUT2D eigenvalue weighted by molar-refractivity contribution is 7.89. The molecule has 0 bridgehead atoms. The summed E-state index contributed by atoms with van der Waals surface area (Å²) in [6, 6.07) is 15.4. The Balaban J connectivity index is 2.14. The third-order valence-electron chi connectivity index (χ3n) is 3.14. The smallest absolute Gasteiger partial charge is 0.240 e. The molecule has 118 valence electrons. The Labute approximate surface area is 136 Å². The van der Waals surface area contributed by atoms with Crippen LogP contribution in [0.15, 0.2) is 59.5 Å². The molecule has 1 unspecified atom stereocenters. The van der Waals surface area contributed by atoms with Gasteiger partial charge in [0.1, 0.15) is 0 Å². The van der Waals surface area contributed by atoms with Crippen LogP contribution in [0.5, 0.6) is 0 Å². The second-order valence-electron chi connectivity index (χ2n) is 4.92. The molecule has 2 rings (SSSR count). The highest BCUT2D eigenvalue weighted by atomic mass is 35.5. The summed E-state index contributed by atoms with van der Waals surface area (Å²) in [6.45, 7) is 0.293. The molecular weight excluding hydrogens is 322 g/mol. The summed E-state index contributed by atoms with van der Waals surface area (Å²) in [7, 11) is -2.06. The molecule has 1 N–H and O–H groups in total. The lowest BCUT2D eigenvalue weighted by Gasteiger charge is -2.18. The molecule has 1 atom stereocenters. The molecular formula is C16H18ClNO3S. The lowest BCUT2D eigenvalue weighted by molar-refractivity contribution is 0.174. The van der Waals surface area contributed by atoms with Crippen LogP contribution in [0.1, 0.15) is 5.56 Å². The van der Waals surface area contributed by atoms with Crippen molar-refractivity contribution in [2.24, 2.45) is 0 Å². The van der Waals surface area contributed by atoms with E-state index in [2.05, 4.69) is 4.72 Å². The van der Waals surface area contributed by atoms with E-state index in [9.17, 15) is 8.42 Å². The Kier molecular flexibility index (Phi) is 5.97. The number of halogens is 1. The summed E-state index contributed by atoms with van der Waals surface area (Å²) in [5, 5.41) is 0.497. The molecule has 22 heavy (non-hydrogen) atoms. The van der Waals surface area contributed by atoms with Gasteiger partial charge in [-0.05, 0) is 36.2 Å². The number of rotatable bonds is 7. The number of benzene rings is 2. The average molecular weight is 340 g/mol. The van der Waals surface area contributed by atoms with E-state index >= 15 is 0 Å². The largest absolute Gasteiger partial charge is 0.383 e. The van der Waals surface area contributed by atoms with Crippen molar-refractivity contribution < 1.29 is 13.2 Å². The van der Waals surface area contributed by atoms with E-state index in [1.54, 1.807) is 19.2 Å².